The summed E-state index contributed by atoms with van der Waals surface area (Å²) in [5.74, 6) is 0.181. The van der Waals surface area contributed by atoms with Gasteiger partial charge in [0.25, 0.3) is 0 Å². The number of nitrogens with zero attached hydrogens (tertiary/aromatic N) is 3. The molecule has 2 heterocycles. The second kappa shape index (κ2) is 5.33. The van der Waals surface area contributed by atoms with Crippen LogP contribution in [0.5, 0.6) is 0 Å². The van der Waals surface area contributed by atoms with Crippen LogP contribution in [0.1, 0.15) is 46.5 Å². The molecule has 2 rings (SSSR count). The number of rotatable bonds is 4. The predicted octanol–water partition coefficient (Wildman–Crippen LogP) is 1.95. The zero-order valence-corrected chi connectivity index (χ0v) is 12.0. The van der Waals surface area contributed by atoms with Gasteiger partial charge in [0.1, 0.15) is 0 Å². The highest BCUT2D eigenvalue weighted by Gasteiger charge is 2.29. The summed E-state index contributed by atoms with van der Waals surface area (Å²) in [7, 11) is 0. The summed E-state index contributed by atoms with van der Waals surface area (Å²) in [6.07, 6.45) is 7.18. The van der Waals surface area contributed by atoms with E-state index >= 15 is 0 Å². The maximum Gasteiger partial charge on any atom is 0.227 e. The Morgan fingerprint density at radius 1 is 1.53 bits per heavy atom. The Morgan fingerprint density at radius 2 is 2.26 bits per heavy atom. The second-order valence-electron chi connectivity index (χ2n) is 5.93. The topological polar surface area (TPSA) is 58.4 Å². The van der Waals surface area contributed by atoms with Crippen molar-refractivity contribution in [1.82, 2.24) is 9.78 Å². The second-order valence-corrected chi connectivity index (χ2v) is 5.93. The molecule has 5 nitrogen and oxygen atoms in total. The molecule has 19 heavy (non-hydrogen) atoms. The lowest BCUT2D eigenvalue weighted by Crippen LogP contribution is -2.43. The van der Waals surface area contributed by atoms with Gasteiger partial charge < -0.3 is 10.0 Å². The minimum atomic E-state index is -0.806. The lowest BCUT2D eigenvalue weighted by molar-refractivity contribution is -0.120. The van der Waals surface area contributed by atoms with Crippen molar-refractivity contribution in [1.29, 1.82) is 0 Å². The van der Waals surface area contributed by atoms with E-state index in [-0.39, 0.29) is 11.9 Å². The van der Waals surface area contributed by atoms with Crippen molar-refractivity contribution in [2.24, 2.45) is 0 Å². The van der Waals surface area contributed by atoms with Crippen LogP contribution in [0.15, 0.2) is 12.4 Å². The van der Waals surface area contributed by atoms with E-state index in [1.165, 1.54) is 0 Å². The van der Waals surface area contributed by atoms with E-state index in [0.717, 1.165) is 24.9 Å². The average molecular weight is 265 g/mol. The predicted molar refractivity (Wildman–Crippen MR) is 73.9 cm³/mol. The minimum absolute atomic E-state index is 0.181. The van der Waals surface area contributed by atoms with E-state index in [2.05, 4.69) is 12.0 Å². The molecule has 1 saturated heterocycles. The van der Waals surface area contributed by atoms with Crippen LogP contribution in [0, 0.1) is 0 Å². The van der Waals surface area contributed by atoms with Crippen molar-refractivity contribution >= 4 is 11.6 Å². The number of carbonyl (C=O) groups is 1. The van der Waals surface area contributed by atoms with Gasteiger partial charge >= 0.3 is 0 Å². The van der Waals surface area contributed by atoms with Gasteiger partial charge in [0.2, 0.25) is 5.91 Å². The summed E-state index contributed by atoms with van der Waals surface area (Å²) in [4.78, 5) is 14.0. The molecule has 0 aliphatic carbocycles. The van der Waals surface area contributed by atoms with Gasteiger partial charge in [-0.1, -0.05) is 6.92 Å². The van der Waals surface area contributed by atoms with Gasteiger partial charge in [0, 0.05) is 18.7 Å². The summed E-state index contributed by atoms with van der Waals surface area (Å²) < 4.78 is 1.70. The molecule has 5 heteroatoms. The molecule has 1 atom stereocenters. The normalized spacial score (nSPS) is 20.9. The van der Waals surface area contributed by atoms with Crippen molar-refractivity contribution < 1.29 is 9.90 Å². The lowest BCUT2D eigenvalue weighted by Gasteiger charge is -2.34. The molecule has 1 amide bonds. The summed E-state index contributed by atoms with van der Waals surface area (Å²) in [5.41, 5.74) is 0.0418. The SMILES string of the molecule is CCC1CCCC(=O)N1c1cnn(CC(C)(C)O)c1. The highest BCUT2D eigenvalue weighted by molar-refractivity contribution is 5.94. The number of hydrogen-bond donors (Lipinski definition) is 1. The third-order valence-electron chi connectivity index (χ3n) is 3.48. The van der Waals surface area contributed by atoms with E-state index in [0.29, 0.717) is 13.0 Å². The van der Waals surface area contributed by atoms with Gasteiger partial charge in [-0.05, 0) is 33.1 Å². The van der Waals surface area contributed by atoms with E-state index in [1.54, 1.807) is 24.7 Å². The van der Waals surface area contributed by atoms with Gasteiger partial charge in [-0.25, -0.2) is 0 Å². The Kier molecular flexibility index (Phi) is 3.94. The van der Waals surface area contributed by atoms with Gasteiger partial charge in [0.05, 0.1) is 24.0 Å². The van der Waals surface area contributed by atoms with Crippen LogP contribution in [0.4, 0.5) is 5.69 Å². The summed E-state index contributed by atoms with van der Waals surface area (Å²) in [6.45, 7) is 6.02. The van der Waals surface area contributed by atoms with Crippen LogP contribution in [0.2, 0.25) is 0 Å². The van der Waals surface area contributed by atoms with Crippen LogP contribution < -0.4 is 4.90 Å². The molecule has 1 N–H and O–H groups in total. The third kappa shape index (κ3) is 3.35. The number of piperidine rings is 1. The minimum Gasteiger partial charge on any atom is -0.389 e. The third-order valence-corrected chi connectivity index (χ3v) is 3.48. The number of hydrogen-bond acceptors (Lipinski definition) is 3. The van der Waals surface area contributed by atoms with Gasteiger partial charge in [-0.15, -0.1) is 0 Å². The first-order valence-electron chi connectivity index (χ1n) is 6.97. The van der Waals surface area contributed by atoms with Crippen LogP contribution in [-0.2, 0) is 11.3 Å². The van der Waals surface area contributed by atoms with E-state index in [4.69, 9.17) is 0 Å². The molecule has 1 aromatic rings. The van der Waals surface area contributed by atoms with Crippen LogP contribution in [-0.4, -0.2) is 32.4 Å². The highest BCUT2D eigenvalue weighted by atomic mass is 16.3. The first-order valence-corrected chi connectivity index (χ1v) is 6.97. The maximum atomic E-state index is 12.1. The Bertz CT molecular complexity index is 448. The quantitative estimate of drug-likeness (QED) is 0.905. The molecular weight excluding hydrogens is 242 g/mol. The van der Waals surface area contributed by atoms with Crippen molar-refractivity contribution in [2.45, 2.75) is 64.6 Å². The molecule has 1 aromatic heterocycles. The number of anilines is 1. The molecule has 1 aliphatic rings. The average Bonchev–Trinajstić information content (AvgIpc) is 2.74. The van der Waals surface area contributed by atoms with Crippen LogP contribution in [0.25, 0.3) is 0 Å². The first-order chi connectivity index (χ1) is 8.90. The number of aliphatic hydroxyl groups is 1. The van der Waals surface area contributed by atoms with E-state index < -0.39 is 5.60 Å². The first kappa shape index (κ1) is 14.1. The van der Waals surface area contributed by atoms with E-state index in [9.17, 15) is 9.90 Å². The molecule has 1 fully saturated rings. The Labute approximate surface area is 114 Å². The summed E-state index contributed by atoms with van der Waals surface area (Å²) in [6, 6.07) is 0.279. The maximum absolute atomic E-state index is 12.1. The molecular formula is C14H23N3O2. The fourth-order valence-corrected chi connectivity index (χ4v) is 2.64. The molecule has 0 radical (unpaired) electrons. The molecule has 0 bridgehead atoms. The molecule has 1 unspecified atom stereocenters. The number of amides is 1. The molecule has 106 valence electrons. The lowest BCUT2D eigenvalue weighted by atomic mass is 9.99. The standard InChI is InChI=1S/C14H23N3O2/c1-4-11-6-5-7-13(18)17(11)12-8-15-16(9-12)10-14(2,3)19/h8-9,11,19H,4-7,10H2,1-3H3. The largest absolute Gasteiger partial charge is 0.389 e. The zero-order chi connectivity index (χ0) is 14.0. The van der Waals surface area contributed by atoms with Crippen LogP contribution >= 0.6 is 0 Å². The van der Waals surface area contributed by atoms with E-state index in [1.807, 2.05) is 11.1 Å². The zero-order valence-electron chi connectivity index (χ0n) is 12.0. The Balaban J connectivity index is 2.18. The monoisotopic (exact) mass is 265 g/mol. The fourth-order valence-electron chi connectivity index (χ4n) is 2.64. The van der Waals surface area contributed by atoms with Gasteiger partial charge in [-0.3, -0.25) is 9.48 Å². The molecule has 0 saturated carbocycles. The fraction of sp³-hybridized carbons (Fsp3) is 0.714. The van der Waals surface area contributed by atoms with Gasteiger partial charge in [0.15, 0.2) is 0 Å². The van der Waals surface area contributed by atoms with Gasteiger partial charge in [-0.2, -0.15) is 5.10 Å². The van der Waals surface area contributed by atoms with Crippen molar-refractivity contribution in [2.75, 3.05) is 4.90 Å². The summed E-state index contributed by atoms with van der Waals surface area (Å²) in [5, 5.41) is 14.0. The molecule has 0 spiro atoms. The number of carbonyl (C=O) groups excluding carboxylic acids is 1. The molecule has 1 aliphatic heterocycles. The van der Waals surface area contributed by atoms with Crippen molar-refractivity contribution in [3.05, 3.63) is 12.4 Å². The Hall–Kier alpha value is -1.36. The van der Waals surface area contributed by atoms with Crippen molar-refractivity contribution in [3.63, 3.8) is 0 Å². The Morgan fingerprint density at radius 3 is 2.89 bits per heavy atom. The number of aromatic nitrogens is 2. The molecule has 0 aromatic carbocycles. The van der Waals surface area contributed by atoms with Crippen LogP contribution in [0.3, 0.4) is 0 Å². The smallest absolute Gasteiger partial charge is 0.227 e. The highest BCUT2D eigenvalue weighted by Crippen LogP contribution is 2.27. The summed E-state index contributed by atoms with van der Waals surface area (Å²) >= 11 is 0. The van der Waals surface area contributed by atoms with Crippen molar-refractivity contribution in [3.8, 4) is 0 Å².